The van der Waals surface area contributed by atoms with Gasteiger partial charge in [-0.25, -0.2) is 0 Å². The van der Waals surface area contributed by atoms with Crippen molar-refractivity contribution in [3.8, 4) is 0 Å². The quantitative estimate of drug-likeness (QED) is 0.257. The van der Waals surface area contributed by atoms with Crippen molar-refractivity contribution in [3.05, 3.63) is 12.7 Å². The molecular formula is C7H11KO2. The molecule has 0 aliphatic heterocycles. The summed E-state index contributed by atoms with van der Waals surface area (Å²) in [7, 11) is 0. The summed E-state index contributed by atoms with van der Waals surface area (Å²) in [4.78, 5) is 9.83. The summed E-state index contributed by atoms with van der Waals surface area (Å²) in [5.41, 5.74) is 0. The Bertz CT molecular complexity index is 102. The van der Waals surface area contributed by atoms with Crippen LogP contribution in [-0.2, 0) is 4.79 Å². The third-order valence-electron chi connectivity index (χ3n) is 1.04. The van der Waals surface area contributed by atoms with E-state index in [-0.39, 0.29) is 57.8 Å². The minimum absolute atomic E-state index is 0. The van der Waals surface area contributed by atoms with E-state index < -0.39 is 5.97 Å². The van der Waals surface area contributed by atoms with Crippen LogP contribution in [0.15, 0.2) is 12.7 Å². The smallest absolute Gasteiger partial charge is 0.550 e. The zero-order chi connectivity index (χ0) is 7.11. The van der Waals surface area contributed by atoms with Gasteiger partial charge in [-0.05, 0) is 25.7 Å². The number of hydrogen-bond acceptors (Lipinski definition) is 2. The Kier molecular flexibility index (Phi) is 13.2. The molecule has 0 aromatic carbocycles. The van der Waals surface area contributed by atoms with E-state index in [1.54, 1.807) is 6.08 Å². The molecule has 0 aliphatic carbocycles. The van der Waals surface area contributed by atoms with Crippen LogP contribution in [0.1, 0.15) is 25.7 Å². The predicted octanol–water partition coefficient (Wildman–Crippen LogP) is -2.51. The third kappa shape index (κ3) is 11.6. The van der Waals surface area contributed by atoms with Gasteiger partial charge in [0.25, 0.3) is 0 Å². The van der Waals surface area contributed by atoms with Crippen molar-refractivity contribution in [1.29, 1.82) is 0 Å². The van der Waals surface area contributed by atoms with Gasteiger partial charge in [0.05, 0.1) is 0 Å². The normalized spacial score (nSPS) is 8.00. The molecule has 52 valence electrons. The van der Waals surface area contributed by atoms with E-state index in [2.05, 4.69) is 6.58 Å². The number of carboxylic acids is 1. The van der Waals surface area contributed by atoms with E-state index in [1.165, 1.54) is 0 Å². The van der Waals surface area contributed by atoms with Crippen molar-refractivity contribution in [2.45, 2.75) is 25.7 Å². The fourth-order valence-corrected chi connectivity index (χ4v) is 0.558. The van der Waals surface area contributed by atoms with Crippen LogP contribution in [0.25, 0.3) is 0 Å². The third-order valence-corrected chi connectivity index (χ3v) is 1.04. The van der Waals surface area contributed by atoms with Crippen molar-refractivity contribution in [2.75, 3.05) is 0 Å². The molecule has 0 aromatic heterocycles. The van der Waals surface area contributed by atoms with Crippen LogP contribution < -0.4 is 56.5 Å². The summed E-state index contributed by atoms with van der Waals surface area (Å²) in [6.07, 6.45) is 4.46. The summed E-state index contributed by atoms with van der Waals surface area (Å²) in [6.45, 7) is 3.51. The van der Waals surface area contributed by atoms with E-state index in [9.17, 15) is 9.90 Å². The monoisotopic (exact) mass is 166 g/mol. The van der Waals surface area contributed by atoms with Crippen LogP contribution in [-0.4, -0.2) is 5.97 Å². The molecule has 0 saturated carbocycles. The molecule has 0 N–H and O–H groups in total. The molecule has 3 heteroatoms. The molecular weight excluding hydrogens is 155 g/mol. The molecule has 0 aliphatic rings. The van der Waals surface area contributed by atoms with Crippen LogP contribution in [0.3, 0.4) is 0 Å². The van der Waals surface area contributed by atoms with Crippen LogP contribution >= 0.6 is 0 Å². The van der Waals surface area contributed by atoms with Crippen molar-refractivity contribution >= 4 is 5.97 Å². The van der Waals surface area contributed by atoms with E-state index in [0.717, 1.165) is 12.8 Å². The molecule has 0 atom stereocenters. The van der Waals surface area contributed by atoms with Crippen LogP contribution in [0.2, 0.25) is 0 Å². The molecule has 0 amide bonds. The Morgan fingerprint density at radius 2 is 2.10 bits per heavy atom. The van der Waals surface area contributed by atoms with E-state index >= 15 is 0 Å². The van der Waals surface area contributed by atoms with Crippen molar-refractivity contribution in [3.63, 3.8) is 0 Å². The van der Waals surface area contributed by atoms with Gasteiger partial charge >= 0.3 is 51.4 Å². The predicted molar refractivity (Wildman–Crippen MR) is 33.7 cm³/mol. The summed E-state index contributed by atoms with van der Waals surface area (Å²) < 4.78 is 0. The van der Waals surface area contributed by atoms with Gasteiger partial charge in [-0.3, -0.25) is 0 Å². The van der Waals surface area contributed by atoms with Crippen LogP contribution in [0, 0.1) is 0 Å². The second-order valence-corrected chi connectivity index (χ2v) is 1.91. The number of unbranched alkanes of at least 4 members (excludes halogenated alkanes) is 2. The number of carboxylic acid groups (broad SMARTS) is 1. The number of allylic oxidation sites excluding steroid dienone is 1. The first-order valence-corrected chi connectivity index (χ1v) is 3.08. The average Bonchev–Trinajstić information content (AvgIpc) is 1.80. The Hall–Kier alpha value is 0.846. The average molecular weight is 166 g/mol. The van der Waals surface area contributed by atoms with Crippen molar-refractivity contribution < 1.29 is 61.3 Å². The molecule has 0 saturated heterocycles. The van der Waals surface area contributed by atoms with Crippen LogP contribution in [0.4, 0.5) is 0 Å². The SMILES string of the molecule is C=CCCCCC(=O)[O-].[K+]. The number of rotatable bonds is 5. The maximum Gasteiger partial charge on any atom is 1.00 e. The Balaban J connectivity index is 0. The summed E-state index contributed by atoms with van der Waals surface area (Å²) in [5, 5.41) is 9.83. The van der Waals surface area contributed by atoms with Gasteiger partial charge < -0.3 is 9.90 Å². The molecule has 10 heavy (non-hydrogen) atoms. The standard InChI is InChI=1S/C7H12O2.K/c1-2-3-4-5-6-7(8)9;/h2H,1,3-6H2,(H,8,9);/q;+1/p-1. The largest absolute Gasteiger partial charge is 1.00 e. The van der Waals surface area contributed by atoms with Gasteiger partial charge in [-0.15, -0.1) is 6.58 Å². The second-order valence-electron chi connectivity index (χ2n) is 1.91. The maximum absolute atomic E-state index is 9.83. The van der Waals surface area contributed by atoms with E-state index in [4.69, 9.17) is 0 Å². The summed E-state index contributed by atoms with van der Waals surface area (Å²) in [5.74, 6) is -0.959. The maximum atomic E-state index is 9.83. The summed E-state index contributed by atoms with van der Waals surface area (Å²) >= 11 is 0. The molecule has 0 spiro atoms. The van der Waals surface area contributed by atoms with Crippen molar-refractivity contribution in [1.82, 2.24) is 0 Å². The zero-order valence-corrected chi connectivity index (χ0v) is 9.55. The molecule has 0 bridgehead atoms. The first kappa shape index (κ1) is 13.4. The van der Waals surface area contributed by atoms with Gasteiger partial charge in [-0.1, -0.05) is 6.08 Å². The van der Waals surface area contributed by atoms with Crippen LogP contribution in [0.5, 0.6) is 0 Å². The topological polar surface area (TPSA) is 40.1 Å². The van der Waals surface area contributed by atoms with Gasteiger partial charge in [0.15, 0.2) is 0 Å². The number of carbonyl (C=O) groups is 1. The second kappa shape index (κ2) is 9.85. The fraction of sp³-hybridized carbons (Fsp3) is 0.571. The minimum Gasteiger partial charge on any atom is -0.550 e. The molecule has 0 aromatic rings. The Morgan fingerprint density at radius 1 is 1.50 bits per heavy atom. The molecule has 0 radical (unpaired) electrons. The van der Waals surface area contributed by atoms with Gasteiger partial charge in [-0.2, -0.15) is 0 Å². The zero-order valence-electron chi connectivity index (χ0n) is 6.43. The van der Waals surface area contributed by atoms with Gasteiger partial charge in [0.2, 0.25) is 0 Å². The molecule has 0 heterocycles. The van der Waals surface area contributed by atoms with Gasteiger partial charge in [0.1, 0.15) is 0 Å². The van der Waals surface area contributed by atoms with Gasteiger partial charge in [0, 0.05) is 5.97 Å². The summed E-state index contributed by atoms with van der Waals surface area (Å²) in [6, 6.07) is 0. The molecule has 0 fully saturated rings. The molecule has 2 nitrogen and oxygen atoms in total. The molecule has 0 unspecified atom stereocenters. The number of carbonyl (C=O) groups excluding carboxylic acids is 1. The van der Waals surface area contributed by atoms with E-state index in [0.29, 0.717) is 6.42 Å². The van der Waals surface area contributed by atoms with E-state index in [1.807, 2.05) is 0 Å². The number of aliphatic carboxylic acids is 1. The number of hydrogen-bond donors (Lipinski definition) is 0. The Labute approximate surface area is 104 Å². The minimum atomic E-state index is -0.959. The fourth-order valence-electron chi connectivity index (χ4n) is 0.558. The Morgan fingerprint density at radius 3 is 2.50 bits per heavy atom. The molecule has 0 rings (SSSR count). The first-order valence-electron chi connectivity index (χ1n) is 3.08. The van der Waals surface area contributed by atoms with Crippen molar-refractivity contribution in [2.24, 2.45) is 0 Å². The first-order chi connectivity index (χ1) is 4.27.